The predicted octanol–water partition coefficient (Wildman–Crippen LogP) is 4.32. The molecule has 2 rings (SSSR count). The number of ether oxygens (including phenoxy) is 1. The highest BCUT2D eigenvalue weighted by molar-refractivity contribution is 6.35. The van der Waals surface area contributed by atoms with Gasteiger partial charge < -0.3 is 15.0 Å². The second kappa shape index (κ2) is 7.93. The number of aromatic amines is 1. The number of Topliss-reactive ketones (excluding diaryl/α,β-unsaturated/α-hetero) is 1. The molecule has 138 valence electrons. The summed E-state index contributed by atoms with van der Waals surface area (Å²) >= 11 is 11.9. The third-order valence-corrected chi connectivity index (χ3v) is 4.40. The summed E-state index contributed by atoms with van der Waals surface area (Å²) in [6.45, 7) is 6.19. The number of ketones is 1. The zero-order chi connectivity index (χ0) is 19.6. The number of carbonyl (C=O) groups is 3. The lowest BCUT2D eigenvalue weighted by Gasteiger charge is -2.14. The molecule has 0 aliphatic heterocycles. The Bertz CT molecular complexity index is 890. The first-order valence-corrected chi connectivity index (χ1v) is 8.54. The molecule has 1 aromatic heterocycles. The van der Waals surface area contributed by atoms with Gasteiger partial charge in [-0.25, -0.2) is 4.79 Å². The van der Waals surface area contributed by atoms with E-state index in [1.54, 1.807) is 26.0 Å². The van der Waals surface area contributed by atoms with Crippen molar-refractivity contribution in [3.05, 3.63) is 50.8 Å². The standard InChI is InChI=1S/C18H18Cl2N2O4/c1-8-15(10(3)23)9(2)21-16(8)18(25)26-11(4)17(24)22-14-7-12(19)5-6-13(14)20/h5-7,11,21H,1-4H3,(H,22,24). The molecular weight excluding hydrogens is 379 g/mol. The molecule has 6 nitrogen and oxygen atoms in total. The van der Waals surface area contributed by atoms with Crippen LogP contribution >= 0.6 is 23.2 Å². The molecule has 0 saturated carbocycles. The van der Waals surface area contributed by atoms with Gasteiger partial charge in [0.2, 0.25) is 0 Å². The smallest absolute Gasteiger partial charge is 0.355 e. The fourth-order valence-corrected chi connectivity index (χ4v) is 2.92. The summed E-state index contributed by atoms with van der Waals surface area (Å²) in [5, 5.41) is 3.27. The number of rotatable bonds is 5. The lowest BCUT2D eigenvalue weighted by molar-refractivity contribution is -0.123. The minimum absolute atomic E-state index is 0.146. The molecule has 8 heteroatoms. The highest BCUT2D eigenvalue weighted by Gasteiger charge is 2.25. The van der Waals surface area contributed by atoms with E-state index in [-0.39, 0.29) is 11.5 Å². The highest BCUT2D eigenvalue weighted by atomic mass is 35.5. The van der Waals surface area contributed by atoms with Gasteiger partial charge in [-0.2, -0.15) is 0 Å². The fourth-order valence-electron chi connectivity index (χ4n) is 2.58. The Morgan fingerprint density at radius 1 is 1.19 bits per heavy atom. The molecule has 1 heterocycles. The molecule has 0 spiro atoms. The van der Waals surface area contributed by atoms with E-state index < -0.39 is 18.0 Å². The lowest BCUT2D eigenvalue weighted by atomic mass is 10.1. The molecule has 1 atom stereocenters. The largest absolute Gasteiger partial charge is 0.448 e. The molecule has 1 unspecified atom stereocenters. The Morgan fingerprint density at radius 3 is 2.42 bits per heavy atom. The Balaban J connectivity index is 2.12. The van der Waals surface area contributed by atoms with E-state index in [0.29, 0.717) is 32.6 Å². The van der Waals surface area contributed by atoms with E-state index in [2.05, 4.69) is 10.3 Å². The maximum atomic E-state index is 12.4. The van der Waals surface area contributed by atoms with Gasteiger partial charge in [0.05, 0.1) is 10.7 Å². The first kappa shape index (κ1) is 20.0. The van der Waals surface area contributed by atoms with Crippen LogP contribution in [0.1, 0.15) is 46.0 Å². The fraction of sp³-hybridized carbons (Fsp3) is 0.278. The number of hydrogen-bond acceptors (Lipinski definition) is 4. The molecule has 0 fully saturated rings. The van der Waals surface area contributed by atoms with Gasteiger partial charge in [-0.15, -0.1) is 0 Å². The van der Waals surface area contributed by atoms with Crippen molar-refractivity contribution in [1.29, 1.82) is 0 Å². The second-order valence-electron chi connectivity index (χ2n) is 5.84. The summed E-state index contributed by atoms with van der Waals surface area (Å²) in [5.74, 6) is -1.44. The zero-order valence-corrected chi connectivity index (χ0v) is 16.2. The second-order valence-corrected chi connectivity index (χ2v) is 6.69. The topological polar surface area (TPSA) is 88.3 Å². The van der Waals surface area contributed by atoms with Gasteiger partial charge >= 0.3 is 5.97 Å². The normalized spacial score (nSPS) is 11.8. The molecule has 0 aliphatic carbocycles. The van der Waals surface area contributed by atoms with E-state index in [1.807, 2.05) is 0 Å². The van der Waals surface area contributed by atoms with Crippen LogP contribution < -0.4 is 5.32 Å². The third-order valence-electron chi connectivity index (χ3n) is 3.83. The monoisotopic (exact) mass is 396 g/mol. The van der Waals surface area contributed by atoms with Gasteiger partial charge in [0, 0.05) is 16.3 Å². The van der Waals surface area contributed by atoms with Crippen molar-refractivity contribution < 1.29 is 19.1 Å². The minimum Gasteiger partial charge on any atom is -0.448 e. The van der Waals surface area contributed by atoms with Gasteiger partial charge in [0.25, 0.3) is 5.91 Å². The van der Waals surface area contributed by atoms with Crippen LogP contribution in [0.25, 0.3) is 0 Å². The zero-order valence-electron chi connectivity index (χ0n) is 14.7. The van der Waals surface area contributed by atoms with Gasteiger partial charge in [-0.05, 0) is 51.5 Å². The van der Waals surface area contributed by atoms with Crippen molar-refractivity contribution in [2.45, 2.75) is 33.8 Å². The van der Waals surface area contributed by atoms with Gasteiger partial charge in [-0.1, -0.05) is 23.2 Å². The van der Waals surface area contributed by atoms with Crippen molar-refractivity contribution >= 4 is 46.5 Å². The number of carbonyl (C=O) groups excluding carboxylic acids is 3. The predicted molar refractivity (Wildman–Crippen MR) is 100 cm³/mol. The number of hydrogen-bond donors (Lipinski definition) is 2. The molecule has 0 radical (unpaired) electrons. The highest BCUT2D eigenvalue weighted by Crippen LogP contribution is 2.26. The number of esters is 1. The Hall–Kier alpha value is -2.31. The van der Waals surface area contributed by atoms with Gasteiger partial charge in [-0.3, -0.25) is 9.59 Å². The van der Waals surface area contributed by atoms with Crippen LogP contribution in [0.2, 0.25) is 10.0 Å². The summed E-state index contributed by atoms with van der Waals surface area (Å²) in [6, 6.07) is 4.63. The van der Waals surface area contributed by atoms with Crippen LogP contribution in [-0.4, -0.2) is 28.7 Å². The number of H-pyrrole nitrogens is 1. The number of aromatic nitrogens is 1. The van der Waals surface area contributed by atoms with Crippen molar-refractivity contribution in [2.24, 2.45) is 0 Å². The summed E-state index contributed by atoms with van der Waals surface area (Å²) in [4.78, 5) is 39.1. The number of halogens is 2. The maximum Gasteiger partial charge on any atom is 0.355 e. The summed E-state index contributed by atoms with van der Waals surface area (Å²) in [7, 11) is 0. The Morgan fingerprint density at radius 2 is 1.85 bits per heavy atom. The number of aryl methyl sites for hydroxylation is 1. The average molecular weight is 397 g/mol. The van der Waals surface area contributed by atoms with E-state index in [0.717, 1.165) is 0 Å². The van der Waals surface area contributed by atoms with Crippen LogP contribution in [-0.2, 0) is 9.53 Å². The van der Waals surface area contributed by atoms with E-state index in [4.69, 9.17) is 27.9 Å². The van der Waals surface area contributed by atoms with Crippen molar-refractivity contribution in [1.82, 2.24) is 4.98 Å². The van der Waals surface area contributed by atoms with Crippen LogP contribution in [0.3, 0.4) is 0 Å². The van der Waals surface area contributed by atoms with E-state index in [1.165, 1.54) is 19.9 Å². The molecule has 1 aromatic carbocycles. The Kier molecular flexibility index (Phi) is 6.10. The molecule has 1 amide bonds. The maximum absolute atomic E-state index is 12.4. The number of nitrogens with one attached hydrogen (secondary N) is 2. The van der Waals surface area contributed by atoms with E-state index >= 15 is 0 Å². The molecule has 0 saturated heterocycles. The average Bonchev–Trinajstić information content (AvgIpc) is 2.85. The SMILES string of the molecule is CC(=O)c1c(C)[nH]c(C(=O)OC(C)C(=O)Nc2cc(Cl)ccc2Cl)c1C. The summed E-state index contributed by atoms with van der Waals surface area (Å²) in [6.07, 6.45) is -1.08. The molecule has 2 aromatic rings. The molecule has 0 aliphatic rings. The molecule has 0 bridgehead atoms. The van der Waals surface area contributed by atoms with Crippen molar-refractivity contribution in [2.75, 3.05) is 5.32 Å². The summed E-state index contributed by atoms with van der Waals surface area (Å²) in [5.41, 5.74) is 1.97. The Labute approximate surface area is 160 Å². The van der Waals surface area contributed by atoms with Crippen LogP contribution in [0.15, 0.2) is 18.2 Å². The van der Waals surface area contributed by atoms with E-state index in [9.17, 15) is 14.4 Å². The number of benzene rings is 1. The van der Waals surface area contributed by atoms with Crippen molar-refractivity contribution in [3.63, 3.8) is 0 Å². The first-order chi connectivity index (χ1) is 12.1. The van der Waals surface area contributed by atoms with Crippen molar-refractivity contribution in [3.8, 4) is 0 Å². The van der Waals surface area contributed by atoms with Crippen LogP contribution in [0.5, 0.6) is 0 Å². The third kappa shape index (κ3) is 4.26. The number of amides is 1. The minimum atomic E-state index is -1.08. The summed E-state index contributed by atoms with van der Waals surface area (Å²) < 4.78 is 5.20. The lowest BCUT2D eigenvalue weighted by Crippen LogP contribution is -2.30. The van der Waals surface area contributed by atoms with Gasteiger partial charge in [0.1, 0.15) is 5.69 Å². The van der Waals surface area contributed by atoms with Crippen LogP contribution in [0, 0.1) is 13.8 Å². The molecular formula is C18H18Cl2N2O4. The first-order valence-electron chi connectivity index (χ1n) is 7.78. The quantitative estimate of drug-likeness (QED) is 0.581. The van der Waals surface area contributed by atoms with Gasteiger partial charge in [0.15, 0.2) is 11.9 Å². The molecule has 2 N–H and O–H groups in total. The number of anilines is 1. The van der Waals surface area contributed by atoms with Crippen LogP contribution in [0.4, 0.5) is 5.69 Å². The molecule has 26 heavy (non-hydrogen) atoms.